The molecule has 1 saturated heterocycles. The fraction of sp³-hybridized carbons (Fsp3) is 0.696. The molecule has 1 aromatic rings. The van der Waals surface area contributed by atoms with E-state index in [1.54, 1.807) is 44.2 Å². The fourth-order valence-electron chi connectivity index (χ4n) is 9.04. The van der Waals surface area contributed by atoms with Gasteiger partial charge in [-0.05, 0) is 85.6 Å². The number of amides is 11. The van der Waals surface area contributed by atoms with E-state index >= 15 is 0 Å². The summed E-state index contributed by atoms with van der Waals surface area (Å²) in [7, 11) is 0. The summed E-state index contributed by atoms with van der Waals surface area (Å²) < 4.78 is 0. The highest BCUT2D eigenvalue weighted by molar-refractivity contribution is 6.00. The average Bonchev–Trinajstić information content (AvgIpc) is 3.52. The van der Waals surface area contributed by atoms with Gasteiger partial charge in [0.2, 0.25) is 65.0 Å². The number of carbonyl (C=O) groups excluding carboxylic acids is 11. The third kappa shape index (κ3) is 24.2. The number of rotatable bonds is 24. The standard InChI is InChI=1S/C56H98N16O13/c1-13-26(4)19-17-18-22-38(75)65-39(27(5)57)50(79)72-46(34(12)74)56(85)69-42(30(8)60)52(81)70-44-32(10)62-55(84)45(33(11)73)71-53(82)43(31(9)61)67-51(80)41(29(7)59)66-48(77)36(23-25(2)3)63-47(76)37(24-35-20-15-14-16-21-35)64-49(78)40(28(6)58)68-54(44)83/h14-16,20-21,25-34,36-37,39-46,73-74H,13,17-19,22-24,57-61H2,1-12H3,(H,62,84)(H,63,76)(H,64,78)(H,65,75)(H,66,77)(H,67,80)(H,68,83)(H,69,85)(H,70,81)(H,71,82)(H,72,79)/t26?,27?,28?,29?,30?,31?,32?,33-,34-,36+,37+,39+,40+,41+,42+,43+,44+,45+,46+/m1/s1. The molecule has 0 aromatic heterocycles. The van der Waals surface area contributed by atoms with E-state index in [2.05, 4.69) is 72.3 Å². The molecule has 0 saturated carbocycles. The number of aliphatic hydroxyl groups excluding tert-OH is 2. The maximum Gasteiger partial charge on any atom is 0.245 e. The Labute approximate surface area is 498 Å². The van der Waals surface area contributed by atoms with Crippen LogP contribution in [0.3, 0.4) is 0 Å². The van der Waals surface area contributed by atoms with Crippen molar-refractivity contribution in [1.29, 1.82) is 0 Å². The van der Waals surface area contributed by atoms with E-state index in [0.717, 1.165) is 26.2 Å². The predicted octanol–water partition coefficient (Wildman–Crippen LogP) is -5.25. The number of carbonyl (C=O) groups is 11. The zero-order chi connectivity index (χ0) is 64.7. The molecule has 1 fully saturated rings. The van der Waals surface area contributed by atoms with E-state index in [9.17, 15) is 63.0 Å². The van der Waals surface area contributed by atoms with Crippen molar-refractivity contribution in [3.05, 3.63) is 35.9 Å². The van der Waals surface area contributed by atoms with Gasteiger partial charge in [-0.1, -0.05) is 77.3 Å². The second-order valence-electron chi connectivity index (χ2n) is 23.2. The van der Waals surface area contributed by atoms with Gasteiger partial charge in [0.05, 0.1) is 18.2 Å². The van der Waals surface area contributed by atoms with E-state index in [1.807, 2.05) is 0 Å². The number of hydrogen-bond donors (Lipinski definition) is 18. The Balaban J connectivity index is 2.77. The molecule has 19 atom stereocenters. The SMILES string of the molecule is CCC(C)CCCCC(=O)N[C@H](C(=O)N[C@H](C(=O)N[C@H](C(=O)N[C@@H]1C(=O)N[C@@H](C(C)N)C(=O)N[C@@H](Cc2ccccc2)C(=O)N[C@@H](CC(C)C)C(=O)N[C@@H](C(C)N)C(=O)N[C@@H](C(C)N)C(=O)N[C@@H]([C@@H](C)O)C(=O)NC1C)C(C)N)[C@@H](C)O)C(C)N. The number of nitrogens with two attached hydrogens (primary N) is 5. The van der Waals surface area contributed by atoms with Crippen molar-refractivity contribution in [2.24, 2.45) is 40.5 Å². The molecule has 480 valence electrons. The fourth-order valence-corrected chi connectivity index (χ4v) is 9.04. The Bertz CT molecular complexity index is 2410. The van der Waals surface area contributed by atoms with Crippen LogP contribution in [0.5, 0.6) is 0 Å². The van der Waals surface area contributed by atoms with Crippen LogP contribution in [0.1, 0.15) is 127 Å². The van der Waals surface area contributed by atoms with Crippen LogP contribution in [0.25, 0.3) is 0 Å². The average molecular weight is 1200 g/mol. The highest BCUT2D eigenvalue weighted by Crippen LogP contribution is 2.14. The zero-order valence-electron chi connectivity index (χ0n) is 51.2. The highest BCUT2D eigenvalue weighted by Gasteiger charge is 2.41. The molecule has 85 heavy (non-hydrogen) atoms. The molecule has 29 heteroatoms. The summed E-state index contributed by atoms with van der Waals surface area (Å²) in [5, 5.41) is 49.1. The molecule has 0 radical (unpaired) electrons. The van der Waals surface area contributed by atoms with Gasteiger partial charge in [0.1, 0.15) is 60.4 Å². The van der Waals surface area contributed by atoms with Crippen molar-refractivity contribution in [1.82, 2.24) is 58.5 Å². The largest absolute Gasteiger partial charge is 0.391 e. The lowest BCUT2D eigenvalue weighted by molar-refractivity contribution is -0.138. The van der Waals surface area contributed by atoms with Gasteiger partial charge in [-0.15, -0.1) is 0 Å². The topological polar surface area (TPSA) is 491 Å². The van der Waals surface area contributed by atoms with Crippen molar-refractivity contribution in [2.75, 3.05) is 0 Å². The Morgan fingerprint density at radius 2 is 0.965 bits per heavy atom. The molecule has 11 amide bonds. The lowest BCUT2D eigenvalue weighted by atomic mass is 9.99. The first-order valence-corrected chi connectivity index (χ1v) is 29.1. The van der Waals surface area contributed by atoms with Crippen molar-refractivity contribution in [3.8, 4) is 0 Å². The second-order valence-corrected chi connectivity index (χ2v) is 23.2. The zero-order valence-corrected chi connectivity index (χ0v) is 51.2. The third-order valence-corrected chi connectivity index (χ3v) is 14.4. The molecule has 1 heterocycles. The van der Waals surface area contributed by atoms with Gasteiger partial charge in [0, 0.05) is 43.1 Å². The number of unbranched alkanes of at least 4 members (excludes halogenated alkanes) is 1. The summed E-state index contributed by atoms with van der Waals surface area (Å²) in [6.45, 7) is 18.1. The van der Waals surface area contributed by atoms with E-state index < -0.39 is 174 Å². The second kappa shape index (κ2) is 35.5. The van der Waals surface area contributed by atoms with Crippen LogP contribution in [0.4, 0.5) is 0 Å². The van der Waals surface area contributed by atoms with Crippen LogP contribution in [-0.2, 0) is 59.2 Å². The molecule has 0 spiro atoms. The van der Waals surface area contributed by atoms with Crippen LogP contribution >= 0.6 is 0 Å². The molecular weight excluding hydrogens is 1100 g/mol. The van der Waals surface area contributed by atoms with Crippen LogP contribution < -0.4 is 87.2 Å². The number of nitrogens with one attached hydrogen (secondary N) is 11. The van der Waals surface area contributed by atoms with Gasteiger partial charge in [0.25, 0.3) is 0 Å². The molecule has 0 aliphatic carbocycles. The summed E-state index contributed by atoms with van der Waals surface area (Å²) in [6.07, 6.45) is -0.182. The first-order chi connectivity index (χ1) is 39.6. The van der Waals surface area contributed by atoms with Crippen LogP contribution in [-0.4, -0.2) is 184 Å². The molecule has 2 rings (SSSR count). The number of aliphatic hydroxyl groups is 2. The maximum absolute atomic E-state index is 14.8. The quantitative estimate of drug-likeness (QED) is 0.0430. The van der Waals surface area contributed by atoms with Crippen molar-refractivity contribution in [2.45, 2.75) is 237 Å². The lowest BCUT2D eigenvalue weighted by Crippen LogP contribution is -2.68. The van der Waals surface area contributed by atoms with Gasteiger partial charge in [-0.25, -0.2) is 0 Å². The monoisotopic (exact) mass is 1200 g/mol. The molecule has 1 aromatic carbocycles. The summed E-state index contributed by atoms with van der Waals surface area (Å²) in [5.74, 6) is -10.8. The first-order valence-electron chi connectivity index (χ1n) is 29.1. The molecule has 23 N–H and O–H groups in total. The molecule has 0 bridgehead atoms. The molecule has 1 aliphatic rings. The van der Waals surface area contributed by atoms with E-state index in [4.69, 9.17) is 28.7 Å². The summed E-state index contributed by atoms with van der Waals surface area (Å²) in [4.78, 5) is 155. The van der Waals surface area contributed by atoms with Gasteiger partial charge in [-0.3, -0.25) is 52.7 Å². The van der Waals surface area contributed by atoms with E-state index in [0.29, 0.717) is 17.9 Å². The summed E-state index contributed by atoms with van der Waals surface area (Å²) in [5.41, 5.74) is 31.7. The number of benzene rings is 1. The summed E-state index contributed by atoms with van der Waals surface area (Å²) in [6, 6.07) is -15.5. The Morgan fingerprint density at radius 3 is 1.45 bits per heavy atom. The van der Waals surface area contributed by atoms with E-state index in [-0.39, 0.29) is 25.2 Å². The molecule has 1 aliphatic heterocycles. The predicted molar refractivity (Wildman–Crippen MR) is 316 cm³/mol. The highest BCUT2D eigenvalue weighted by atomic mass is 16.3. The van der Waals surface area contributed by atoms with Crippen LogP contribution in [0, 0.1) is 11.8 Å². The molecule has 7 unspecified atom stereocenters. The van der Waals surface area contributed by atoms with Gasteiger partial charge < -0.3 is 97.4 Å². The molecule has 29 nitrogen and oxygen atoms in total. The third-order valence-electron chi connectivity index (χ3n) is 14.4. The van der Waals surface area contributed by atoms with Crippen LogP contribution in [0.2, 0.25) is 0 Å². The Hall–Kier alpha value is -6.89. The smallest absolute Gasteiger partial charge is 0.245 e. The first kappa shape index (κ1) is 74.2. The lowest BCUT2D eigenvalue weighted by Gasteiger charge is -2.33. The minimum absolute atomic E-state index is 0.00788. The van der Waals surface area contributed by atoms with Crippen molar-refractivity contribution >= 4 is 65.0 Å². The number of hydrogen-bond acceptors (Lipinski definition) is 18. The van der Waals surface area contributed by atoms with Gasteiger partial charge in [0.15, 0.2) is 0 Å². The minimum atomic E-state index is -1.96. The maximum atomic E-state index is 14.8. The Morgan fingerprint density at radius 1 is 0.529 bits per heavy atom. The van der Waals surface area contributed by atoms with Crippen LogP contribution in [0.15, 0.2) is 30.3 Å². The van der Waals surface area contributed by atoms with E-state index in [1.165, 1.54) is 48.5 Å². The van der Waals surface area contributed by atoms with Crippen molar-refractivity contribution in [3.63, 3.8) is 0 Å². The molecular formula is C56H98N16O13. The van der Waals surface area contributed by atoms with Gasteiger partial charge in [-0.2, -0.15) is 0 Å². The summed E-state index contributed by atoms with van der Waals surface area (Å²) >= 11 is 0. The Kier molecular flexibility index (Phi) is 31.0. The van der Waals surface area contributed by atoms with Gasteiger partial charge >= 0.3 is 0 Å². The minimum Gasteiger partial charge on any atom is -0.391 e. The van der Waals surface area contributed by atoms with Crippen molar-refractivity contribution < 1.29 is 63.0 Å². The normalized spacial score (nSPS) is 25.6.